The molecule has 1 aliphatic rings. The summed E-state index contributed by atoms with van der Waals surface area (Å²) < 4.78 is 13.2. The number of halogens is 1. The molecule has 24 heavy (non-hydrogen) atoms. The first-order valence-corrected chi connectivity index (χ1v) is 7.75. The molecular weight excluding hydrogens is 319 g/mol. The van der Waals surface area contributed by atoms with E-state index in [4.69, 9.17) is 0 Å². The van der Waals surface area contributed by atoms with Crippen LogP contribution in [0.4, 0.5) is 10.1 Å². The van der Waals surface area contributed by atoms with Gasteiger partial charge in [0.1, 0.15) is 16.9 Å². The Hall–Kier alpha value is -2.51. The van der Waals surface area contributed by atoms with Crippen molar-refractivity contribution in [2.24, 2.45) is 5.92 Å². The molecule has 130 valence electrons. The second-order valence-electron chi connectivity index (χ2n) is 6.22. The highest BCUT2D eigenvalue weighted by Gasteiger charge is 2.43. The van der Waals surface area contributed by atoms with Crippen LogP contribution < -0.4 is 5.32 Å². The van der Waals surface area contributed by atoms with Crippen LogP contribution in [0.2, 0.25) is 0 Å². The van der Waals surface area contributed by atoms with Crippen molar-refractivity contribution in [2.75, 3.05) is 0 Å². The van der Waals surface area contributed by atoms with Crippen molar-refractivity contribution in [1.29, 1.82) is 0 Å². The summed E-state index contributed by atoms with van der Waals surface area (Å²) in [6.07, 6.45) is 4.09. The molecular formula is C16H19FN2O5. The molecule has 2 rings (SSSR count). The van der Waals surface area contributed by atoms with Gasteiger partial charge in [-0.05, 0) is 37.8 Å². The van der Waals surface area contributed by atoms with Gasteiger partial charge in [0.2, 0.25) is 0 Å². The minimum absolute atomic E-state index is 0.257. The summed E-state index contributed by atoms with van der Waals surface area (Å²) in [6.45, 7) is 1.42. The van der Waals surface area contributed by atoms with Crippen molar-refractivity contribution in [1.82, 2.24) is 5.32 Å². The summed E-state index contributed by atoms with van der Waals surface area (Å²) in [7, 11) is 0. The summed E-state index contributed by atoms with van der Waals surface area (Å²) in [5, 5.41) is 23.0. The van der Waals surface area contributed by atoms with E-state index in [-0.39, 0.29) is 11.5 Å². The van der Waals surface area contributed by atoms with Crippen molar-refractivity contribution >= 4 is 17.6 Å². The highest BCUT2D eigenvalue weighted by atomic mass is 19.1. The third-order valence-corrected chi connectivity index (χ3v) is 4.64. The molecule has 0 radical (unpaired) electrons. The second kappa shape index (κ2) is 6.94. The number of amides is 1. The van der Waals surface area contributed by atoms with Gasteiger partial charge in [-0.2, -0.15) is 0 Å². The summed E-state index contributed by atoms with van der Waals surface area (Å²) in [5.41, 5.74) is -2.58. The molecule has 7 nitrogen and oxygen atoms in total. The van der Waals surface area contributed by atoms with Gasteiger partial charge in [0, 0.05) is 0 Å². The van der Waals surface area contributed by atoms with Crippen LogP contribution in [0.1, 0.15) is 49.4 Å². The molecule has 2 N–H and O–H groups in total. The van der Waals surface area contributed by atoms with Gasteiger partial charge in [0.25, 0.3) is 11.6 Å². The molecule has 1 aromatic rings. The fourth-order valence-electron chi connectivity index (χ4n) is 3.16. The zero-order valence-electron chi connectivity index (χ0n) is 13.3. The molecule has 0 aliphatic heterocycles. The first-order valence-electron chi connectivity index (χ1n) is 7.75. The number of hydrogen-bond acceptors (Lipinski definition) is 4. The van der Waals surface area contributed by atoms with Crippen LogP contribution in [-0.2, 0) is 4.79 Å². The van der Waals surface area contributed by atoms with Gasteiger partial charge in [0.15, 0.2) is 0 Å². The number of hydrogen-bond donors (Lipinski definition) is 2. The number of carbonyl (C=O) groups excluding carboxylic acids is 1. The smallest absolute Gasteiger partial charge is 0.329 e. The Labute approximate surface area is 138 Å². The monoisotopic (exact) mass is 338 g/mol. The average molecular weight is 338 g/mol. The van der Waals surface area contributed by atoms with Gasteiger partial charge >= 0.3 is 5.97 Å². The third-order valence-electron chi connectivity index (χ3n) is 4.64. The maximum atomic E-state index is 13.2. The van der Waals surface area contributed by atoms with Crippen LogP contribution >= 0.6 is 0 Å². The Morgan fingerprint density at radius 1 is 1.33 bits per heavy atom. The number of carboxylic acids is 1. The van der Waals surface area contributed by atoms with E-state index in [0.717, 1.165) is 31.4 Å². The molecule has 0 bridgehead atoms. The fraction of sp³-hybridized carbons (Fsp3) is 0.500. The number of carbonyl (C=O) groups is 2. The van der Waals surface area contributed by atoms with E-state index in [0.29, 0.717) is 18.9 Å². The lowest BCUT2D eigenvalue weighted by molar-refractivity contribution is -0.385. The Bertz CT molecular complexity index is 672. The molecule has 0 saturated heterocycles. The largest absolute Gasteiger partial charge is 0.480 e. The number of nitrogens with one attached hydrogen (secondary N) is 1. The molecule has 0 aromatic heterocycles. The maximum Gasteiger partial charge on any atom is 0.329 e. The van der Waals surface area contributed by atoms with Crippen molar-refractivity contribution in [3.63, 3.8) is 0 Å². The number of nitrogens with zero attached hydrogens (tertiary/aromatic N) is 1. The number of carboxylic acid groups (broad SMARTS) is 1. The van der Waals surface area contributed by atoms with Gasteiger partial charge in [-0.3, -0.25) is 14.9 Å². The standard InChI is InChI=1S/C16H19FN2O5/c1-16(15(21)22,10-5-3-2-4-6-10)18-14(20)12-8-7-11(17)9-13(12)19(23)24/h7-10H,2-6H2,1H3,(H,18,20)(H,21,22)/t16-/m0/s1. The summed E-state index contributed by atoms with van der Waals surface area (Å²) in [4.78, 5) is 34.4. The molecule has 1 aromatic carbocycles. The summed E-state index contributed by atoms with van der Waals surface area (Å²) in [5.74, 6) is -3.18. The van der Waals surface area contributed by atoms with Crippen LogP contribution in [0.25, 0.3) is 0 Å². The normalized spacial score (nSPS) is 17.8. The molecule has 1 saturated carbocycles. The Morgan fingerprint density at radius 3 is 2.50 bits per heavy atom. The highest BCUT2D eigenvalue weighted by molar-refractivity contribution is 6.01. The van der Waals surface area contributed by atoms with Crippen LogP contribution in [0.5, 0.6) is 0 Å². The van der Waals surface area contributed by atoms with Crippen LogP contribution in [0.15, 0.2) is 18.2 Å². The Morgan fingerprint density at radius 2 is 1.96 bits per heavy atom. The third kappa shape index (κ3) is 3.52. The lowest BCUT2D eigenvalue weighted by atomic mass is 9.75. The highest BCUT2D eigenvalue weighted by Crippen LogP contribution is 2.33. The predicted molar refractivity (Wildman–Crippen MR) is 83.1 cm³/mol. The van der Waals surface area contributed by atoms with E-state index in [1.165, 1.54) is 6.92 Å². The van der Waals surface area contributed by atoms with E-state index in [1.807, 2.05) is 0 Å². The first kappa shape index (κ1) is 17.8. The topological polar surface area (TPSA) is 110 Å². The molecule has 1 amide bonds. The first-order chi connectivity index (χ1) is 11.3. The Kier molecular flexibility index (Phi) is 5.16. The van der Waals surface area contributed by atoms with Crippen LogP contribution in [0, 0.1) is 21.8 Å². The van der Waals surface area contributed by atoms with E-state index in [9.17, 15) is 29.2 Å². The van der Waals surface area contributed by atoms with Crippen molar-refractivity contribution in [2.45, 2.75) is 44.6 Å². The molecule has 1 fully saturated rings. The van der Waals surface area contributed by atoms with Gasteiger partial charge in [0.05, 0.1) is 11.0 Å². The zero-order chi connectivity index (χ0) is 17.9. The number of rotatable bonds is 5. The van der Waals surface area contributed by atoms with Gasteiger partial charge < -0.3 is 10.4 Å². The minimum Gasteiger partial charge on any atom is -0.480 e. The summed E-state index contributed by atoms with van der Waals surface area (Å²) in [6, 6.07) is 2.57. The number of nitro groups is 1. The van der Waals surface area contributed by atoms with E-state index in [2.05, 4.69) is 5.32 Å². The predicted octanol–water partition coefficient (Wildman–Crippen LogP) is 2.89. The van der Waals surface area contributed by atoms with Gasteiger partial charge in [-0.1, -0.05) is 19.3 Å². The maximum absolute atomic E-state index is 13.2. The summed E-state index contributed by atoms with van der Waals surface area (Å²) >= 11 is 0. The quantitative estimate of drug-likeness (QED) is 0.633. The molecule has 8 heteroatoms. The molecule has 0 unspecified atom stereocenters. The van der Waals surface area contributed by atoms with Crippen LogP contribution in [-0.4, -0.2) is 27.4 Å². The zero-order valence-corrected chi connectivity index (χ0v) is 13.3. The number of nitro benzene ring substituents is 1. The lowest BCUT2D eigenvalue weighted by Crippen LogP contribution is -2.57. The lowest BCUT2D eigenvalue weighted by Gasteiger charge is -2.37. The second-order valence-corrected chi connectivity index (χ2v) is 6.22. The SMILES string of the molecule is C[C@@](NC(=O)c1ccc(F)cc1[N+](=O)[O-])(C(=O)O)C1CCCCC1. The number of aliphatic carboxylic acids is 1. The van der Waals surface area contributed by atoms with Crippen molar-refractivity contribution in [3.8, 4) is 0 Å². The minimum atomic E-state index is -1.53. The Balaban J connectivity index is 2.32. The van der Waals surface area contributed by atoms with Gasteiger partial charge in [-0.25, -0.2) is 9.18 Å². The van der Waals surface area contributed by atoms with E-state index < -0.39 is 33.8 Å². The molecule has 0 spiro atoms. The number of benzene rings is 1. The van der Waals surface area contributed by atoms with Crippen LogP contribution in [0.3, 0.4) is 0 Å². The van der Waals surface area contributed by atoms with Gasteiger partial charge in [-0.15, -0.1) is 0 Å². The fourth-order valence-corrected chi connectivity index (χ4v) is 3.16. The van der Waals surface area contributed by atoms with Crippen molar-refractivity contribution < 1.29 is 24.0 Å². The van der Waals surface area contributed by atoms with E-state index >= 15 is 0 Å². The molecule has 1 aliphatic carbocycles. The average Bonchev–Trinajstić information content (AvgIpc) is 2.55. The van der Waals surface area contributed by atoms with Crippen molar-refractivity contribution in [3.05, 3.63) is 39.7 Å². The van der Waals surface area contributed by atoms with E-state index in [1.54, 1.807) is 0 Å². The molecule has 0 heterocycles. The molecule has 1 atom stereocenters.